The van der Waals surface area contributed by atoms with Gasteiger partial charge in [-0.15, -0.1) is 0 Å². The van der Waals surface area contributed by atoms with Crippen molar-refractivity contribution in [1.29, 1.82) is 0 Å². The lowest BCUT2D eigenvalue weighted by Crippen LogP contribution is -1.72. The fourth-order valence-electron chi connectivity index (χ4n) is 1.43. The first kappa shape index (κ1) is 7.17. The molecule has 1 heterocycles. The predicted molar refractivity (Wildman–Crippen MR) is 53.0 cm³/mol. The second-order valence-corrected chi connectivity index (χ2v) is 2.79. The summed E-state index contributed by atoms with van der Waals surface area (Å²) in [5, 5.41) is 1.29. The van der Waals surface area contributed by atoms with E-state index in [9.17, 15) is 0 Å². The Balaban J connectivity index is 2.73. The van der Waals surface area contributed by atoms with E-state index in [4.69, 9.17) is 0 Å². The fraction of sp³-hybridized carbons (Fsp3) is 0.0909. The molecular formula is C11H11N. The molecule has 0 aliphatic rings. The van der Waals surface area contributed by atoms with Crippen LogP contribution in [0.15, 0.2) is 36.5 Å². The standard InChI is InChI=1S/C11H11N/c1-2-4-9-5-3-6-11-10(9)7-8-12-11/h2-8,12H,1H3/b4-2+. The lowest BCUT2D eigenvalue weighted by molar-refractivity contribution is 1.48. The van der Waals surface area contributed by atoms with Crippen LogP contribution in [0.5, 0.6) is 0 Å². The van der Waals surface area contributed by atoms with Gasteiger partial charge in [-0.2, -0.15) is 0 Å². The summed E-state index contributed by atoms with van der Waals surface area (Å²) in [5.74, 6) is 0. The van der Waals surface area contributed by atoms with Gasteiger partial charge in [-0.25, -0.2) is 0 Å². The van der Waals surface area contributed by atoms with E-state index in [1.165, 1.54) is 16.5 Å². The predicted octanol–water partition coefficient (Wildman–Crippen LogP) is 3.20. The molecule has 0 amide bonds. The van der Waals surface area contributed by atoms with Crippen molar-refractivity contribution in [2.24, 2.45) is 0 Å². The smallest absolute Gasteiger partial charge is 0.0459 e. The van der Waals surface area contributed by atoms with Gasteiger partial charge in [0.15, 0.2) is 0 Å². The molecule has 0 aliphatic heterocycles. The summed E-state index contributed by atoms with van der Waals surface area (Å²) in [4.78, 5) is 3.18. The lowest BCUT2D eigenvalue weighted by Gasteiger charge is -1.94. The molecule has 0 radical (unpaired) electrons. The van der Waals surface area contributed by atoms with Crippen molar-refractivity contribution in [3.63, 3.8) is 0 Å². The SMILES string of the molecule is C/C=C/c1cccc2[nH]ccc12. The number of aromatic nitrogens is 1. The van der Waals surface area contributed by atoms with E-state index in [1.807, 2.05) is 13.1 Å². The minimum absolute atomic E-state index is 1.20. The van der Waals surface area contributed by atoms with Crippen LogP contribution in [0.3, 0.4) is 0 Å². The molecule has 1 nitrogen and oxygen atoms in total. The first-order chi connectivity index (χ1) is 5.92. The number of allylic oxidation sites excluding steroid dienone is 1. The number of aromatic amines is 1. The average molecular weight is 157 g/mol. The molecule has 60 valence electrons. The molecule has 2 rings (SSSR count). The van der Waals surface area contributed by atoms with Gasteiger partial charge in [0.1, 0.15) is 0 Å². The monoisotopic (exact) mass is 157 g/mol. The van der Waals surface area contributed by atoms with Crippen LogP contribution < -0.4 is 0 Å². The summed E-state index contributed by atoms with van der Waals surface area (Å²) in [6.45, 7) is 2.03. The highest BCUT2D eigenvalue weighted by Gasteiger charge is 1.96. The molecular weight excluding hydrogens is 146 g/mol. The van der Waals surface area contributed by atoms with E-state index in [2.05, 4.69) is 41.4 Å². The molecule has 0 unspecified atom stereocenters. The maximum absolute atomic E-state index is 3.18. The Labute approximate surface area is 71.7 Å². The molecule has 12 heavy (non-hydrogen) atoms. The second-order valence-electron chi connectivity index (χ2n) is 2.79. The highest BCUT2D eigenvalue weighted by atomic mass is 14.7. The molecule has 2 aromatic rings. The minimum atomic E-state index is 1.20. The number of H-pyrrole nitrogens is 1. The van der Waals surface area contributed by atoms with Crippen molar-refractivity contribution in [3.05, 3.63) is 42.1 Å². The molecule has 0 aliphatic carbocycles. The summed E-state index contributed by atoms with van der Waals surface area (Å²) in [6, 6.07) is 8.37. The van der Waals surface area contributed by atoms with E-state index < -0.39 is 0 Å². The van der Waals surface area contributed by atoms with Gasteiger partial charge in [0.25, 0.3) is 0 Å². The van der Waals surface area contributed by atoms with E-state index in [-0.39, 0.29) is 0 Å². The average Bonchev–Trinajstić information content (AvgIpc) is 2.53. The summed E-state index contributed by atoms with van der Waals surface area (Å²) >= 11 is 0. The van der Waals surface area contributed by atoms with Gasteiger partial charge < -0.3 is 4.98 Å². The van der Waals surface area contributed by atoms with Gasteiger partial charge in [0, 0.05) is 17.1 Å². The number of fused-ring (bicyclic) bond motifs is 1. The van der Waals surface area contributed by atoms with Crippen LogP contribution in [0.4, 0.5) is 0 Å². The number of benzene rings is 1. The Morgan fingerprint density at radius 3 is 3.00 bits per heavy atom. The van der Waals surface area contributed by atoms with E-state index in [0.717, 1.165) is 0 Å². The molecule has 1 heteroatoms. The van der Waals surface area contributed by atoms with Crippen LogP contribution >= 0.6 is 0 Å². The van der Waals surface area contributed by atoms with Crippen molar-refractivity contribution in [2.75, 3.05) is 0 Å². The summed E-state index contributed by atoms with van der Waals surface area (Å²) in [6.07, 6.45) is 6.15. The van der Waals surface area contributed by atoms with Crippen LogP contribution in [0.25, 0.3) is 17.0 Å². The van der Waals surface area contributed by atoms with E-state index in [1.54, 1.807) is 0 Å². The normalized spacial score (nSPS) is 11.4. The second kappa shape index (κ2) is 2.86. The molecule has 0 bridgehead atoms. The third-order valence-electron chi connectivity index (χ3n) is 1.97. The number of nitrogens with one attached hydrogen (secondary N) is 1. The molecule has 1 aromatic heterocycles. The van der Waals surface area contributed by atoms with Crippen LogP contribution in [-0.2, 0) is 0 Å². The van der Waals surface area contributed by atoms with Gasteiger partial charge in [-0.05, 0) is 24.6 Å². The van der Waals surface area contributed by atoms with Crippen molar-refractivity contribution in [2.45, 2.75) is 6.92 Å². The van der Waals surface area contributed by atoms with Gasteiger partial charge in [0.2, 0.25) is 0 Å². The first-order valence-corrected chi connectivity index (χ1v) is 4.10. The van der Waals surface area contributed by atoms with Crippen molar-refractivity contribution in [3.8, 4) is 0 Å². The van der Waals surface area contributed by atoms with Crippen LogP contribution in [-0.4, -0.2) is 4.98 Å². The molecule has 0 saturated carbocycles. The molecule has 0 fully saturated rings. The third kappa shape index (κ3) is 1.03. The van der Waals surface area contributed by atoms with Crippen molar-refractivity contribution in [1.82, 2.24) is 4.98 Å². The fourth-order valence-corrected chi connectivity index (χ4v) is 1.43. The van der Waals surface area contributed by atoms with Crippen LogP contribution in [0.1, 0.15) is 12.5 Å². The Hall–Kier alpha value is -1.50. The zero-order chi connectivity index (χ0) is 8.39. The molecule has 0 saturated heterocycles. The quantitative estimate of drug-likeness (QED) is 0.654. The third-order valence-corrected chi connectivity index (χ3v) is 1.97. The maximum Gasteiger partial charge on any atom is 0.0459 e. The Morgan fingerprint density at radius 2 is 2.17 bits per heavy atom. The van der Waals surface area contributed by atoms with Crippen molar-refractivity contribution >= 4 is 17.0 Å². The summed E-state index contributed by atoms with van der Waals surface area (Å²) < 4.78 is 0. The summed E-state index contributed by atoms with van der Waals surface area (Å²) in [7, 11) is 0. The largest absolute Gasteiger partial charge is 0.361 e. The maximum atomic E-state index is 3.18. The van der Waals surface area contributed by atoms with Crippen LogP contribution in [0, 0.1) is 0 Å². The number of hydrogen-bond donors (Lipinski definition) is 1. The lowest BCUT2D eigenvalue weighted by atomic mass is 10.1. The number of rotatable bonds is 1. The Morgan fingerprint density at radius 1 is 1.25 bits per heavy atom. The molecule has 1 N–H and O–H groups in total. The molecule has 1 aromatic carbocycles. The first-order valence-electron chi connectivity index (χ1n) is 4.10. The molecule has 0 atom stereocenters. The zero-order valence-corrected chi connectivity index (χ0v) is 7.04. The van der Waals surface area contributed by atoms with Gasteiger partial charge in [-0.3, -0.25) is 0 Å². The zero-order valence-electron chi connectivity index (χ0n) is 7.04. The topological polar surface area (TPSA) is 15.8 Å². The summed E-state index contributed by atoms with van der Waals surface area (Å²) in [5.41, 5.74) is 2.47. The Kier molecular flexibility index (Phi) is 1.71. The Bertz CT molecular complexity index is 410. The van der Waals surface area contributed by atoms with Gasteiger partial charge in [0.05, 0.1) is 0 Å². The minimum Gasteiger partial charge on any atom is -0.361 e. The van der Waals surface area contributed by atoms with Crippen molar-refractivity contribution < 1.29 is 0 Å². The highest BCUT2D eigenvalue weighted by molar-refractivity contribution is 5.88. The van der Waals surface area contributed by atoms with Gasteiger partial charge in [-0.1, -0.05) is 24.3 Å². The van der Waals surface area contributed by atoms with E-state index in [0.29, 0.717) is 0 Å². The number of hydrogen-bond acceptors (Lipinski definition) is 0. The molecule has 0 spiro atoms. The van der Waals surface area contributed by atoms with Crippen LogP contribution in [0.2, 0.25) is 0 Å². The van der Waals surface area contributed by atoms with E-state index >= 15 is 0 Å². The van der Waals surface area contributed by atoms with Gasteiger partial charge >= 0.3 is 0 Å². The highest BCUT2D eigenvalue weighted by Crippen LogP contribution is 2.18.